The first-order valence-electron chi connectivity index (χ1n) is 5.72. The third-order valence-electron chi connectivity index (χ3n) is 2.70. The molecule has 2 aromatic rings. The van der Waals surface area contributed by atoms with E-state index in [9.17, 15) is 0 Å². The molecule has 0 saturated heterocycles. The molecule has 0 spiro atoms. The van der Waals surface area contributed by atoms with E-state index in [-0.39, 0.29) is 0 Å². The first-order chi connectivity index (χ1) is 8.72. The molecule has 0 radical (unpaired) electrons. The molecule has 2 rings (SSSR count). The molecule has 96 valence electrons. The Bertz CT molecular complexity index is 499. The van der Waals surface area contributed by atoms with Crippen LogP contribution in [0.3, 0.4) is 0 Å². The first-order valence-corrected chi connectivity index (χ1v) is 7.04. The molecule has 1 N–H and O–H groups in total. The maximum absolute atomic E-state index is 6.31. The number of hydrogen-bond acceptors (Lipinski definition) is 4. The molecule has 0 saturated carbocycles. The van der Waals surface area contributed by atoms with E-state index in [2.05, 4.69) is 26.6 Å². The van der Waals surface area contributed by atoms with Crippen LogP contribution in [0.2, 0.25) is 5.02 Å². The number of aromatic nitrogens is 1. The van der Waals surface area contributed by atoms with Gasteiger partial charge < -0.3 is 10.2 Å². The van der Waals surface area contributed by atoms with Gasteiger partial charge in [0.25, 0.3) is 0 Å². The average Bonchev–Trinajstić information content (AvgIpc) is 2.82. The predicted octanol–water partition coefficient (Wildman–Crippen LogP) is 3.15. The van der Waals surface area contributed by atoms with Crippen LogP contribution in [0.15, 0.2) is 29.1 Å². The van der Waals surface area contributed by atoms with Gasteiger partial charge in [0.05, 0.1) is 28.5 Å². The highest BCUT2D eigenvalue weighted by molar-refractivity contribution is 7.07. The van der Waals surface area contributed by atoms with Gasteiger partial charge >= 0.3 is 0 Å². The zero-order chi connectivity index (χ0) is 13.0. The van der Waals surface area contributed by atoms with E-state index < -0.39 is 0 Å². The van der Waals surface area contributed by atoms with E-state index in [0.717, 1.165) is 29.5 Å². The molecule has 1 aromatic carbocycles. The van der Waals surface area contributed by atoms with Crippen molar-refractivity contribution in [1.29, 1.82) is 0 Å². The smallest absolute Gasteiger partial charge is 0.0795 e. The molecule has 0 unspecified atom stereocenters. The van der Waals surface area contributed by atoms with Gasteiger partial charge in [-0.2, -0.15) is 0 Å². The average molecular weight is 282 g/mol. The first kappa shape index (κ1) is 13.3. The van der Waals surface area contributed by atoms with Crippen LogP contribution >= 0.6 is 22.9 Å². The fraction of sp³-hybridized carbons (Fsp3) is 0.308. The van der Waals surface area contributed by atoms with Gasteiger partial charge in [-0.3, -0.25) is 0 Å². The SMILES string of the molecule is CNCc1cccc(Cl)c1N(C)Cc1cscn1. The van der Waals surface area contributed by atoms with Crippen LogP contribution in [-0.4, -0.2) is 19.1 Å². The molecule has 0 bridgehead atoms. The minimum atomic E-state index is 0.768. The van der Waals surface area contributed by atoms with Crippen LogP contribution in [0.5, 0.6) is 0 Å². The maximum atomic E-state index is 6.31. The van der Waals surface area contributed by atoms with Gasteiger partial charge in [-0.1, -0.05) is 23.7 Å². The molecule has 0 aliphatic rings. The van der Waals surface area contributed by atoms with Crippen LogP contribution in [-0.2, 0) is 13.1 Å². The van der Waals surface area contributed by atoms with Gasteiger partial charge in [0, 0.05) is 19.0 Å². The van der Waals surface area contributed by atoms with Crippen molar-refractivity contribution < 1.29 is 0 Å². The summed E-state index contributed by atoms with van der Waals surface area (Å²) in [5.41, 5.74) is 5.19. The molecular weight excluding hydrogens is 266 g/mol. The molecule has 0 amide bonds. The minimum absolute atomic E-state index is 0.768. The lowest BCUT2D eigenvalue weighted by molar-refractivity contribution is 0.803. The molecule has 1 aromatic heterocycles. The Morgan fingerprint density at radius 1 is 1.44 bits per heavy atom. The van der Waals surface area contributed by atoms with Crippen LogP contribution in [0.1, 0.15) is 11.3 Å². The minimum Gasteiger partial charge on any atom is -0.367 e. The zero-order valence-electron chi connectivity index (χ0n) is 10.5. The standard InChI is InChI=1S/C13H16ClN3S/c1-15-6-10-4-3-5-12(14)13(10)17(2)7-11-8-18-9-16-11/h3-5,8-9,15H,6-7H2,1-2H3. The second kappa shape index (κ2) is 6.18. The molecule has 18 heavy (non-hydrogen) atoms. The van der Waals surface area contributed by atoms with E-state index in [1.54, 1.807) is 11.3 Å². The molecule has 0 aliphatic heterocycles. The third kappa shape index (κ3) is 3.02. The number of thiazole rings is 1. The van der Waals surface area contributed by atoms with Gasteiger partial charge in [0.2, 0.25) is 0 Å². The third-order valence-corrected chi connectivity index (χ3v) is 3.64. The normalized spacial score (nSPS) is 10.6. The fourth-order valence-corrected chi connectivity index (χ4v) is 2.85. The number of hydrogen-bond donors (Lipinski definition) is 1. The Labute approximate surface area is 116 Å². The largest absolute Gasteiger partial charge is 0.367 e. The summed E-state index contributed by atoms with van der Waals surface area (Å²) >= 11 is 7.93. The number of benzene rings is 1. The van der Waals surface area contributed by atoms with Crippen molar-refractivity contribution in [3.05, 3.63) is 45.4 Å². The van der Waals surface area contributed by atoms with E-state index in [4.69, 9.17) is 11.6 Å². The quantitative estimate of drug-likeness (QED) is 0.912. The Morgan fingerprint density at radius 2 is 2.28 bits per heavy atom. The Balaban J connectivity index is 2.25. The second-order valence-corrected chi connectivity index (χ2v) is 5.24. The molecular formula is C13H16ClN3S. The van der Waals surface area contributed by atoms with Crippen molar-refractivity contribution in [1.82, 2.24) is 10.3 Å². The lowest BCUT2D eigenvalue weighted by Crippen LogP contribution is -2.20. The van der Waals surface area contributed by atoms with Gasteiger partial charge in [0.15, 0.2) is 0 Å². The van der Waals surface area contributed by atoms with Crippen LogP contribution < -0.4 is 10.2 Å². The van der Waals surface area contributed by atoms with E-state index >= 15 is 0 Å². The van der Waals surface area contributed by atoms with Crippen molar-refractivity contribution in [2.24, 2.45) is 0 Å². The van der Waals surface area contributed by atoms with Crippen molar-refractivity contribution in [2.75, 3.05) is 19.0 Å². The predicted molar refractivity (Wildman–Crippen MR) is 78.4 cm³/mol. The highest BCUT2D eigenvalue weighted by atomic mass is 35.5. The maximum Gasteiger partial charge on any atom is 0.0795 e. The summed E-state index contributed by atoms with van der Waals surface area (Å²) in [5, 5.41) is 6.01. The molecule has 3 nitrogen and oxygen atoms in total. The Morgan fingerprint density at radius 3 is 2.94 bits per heavy atom. The van der Waals surface area contributed by atoms with Crippen LogP contribution in [0.4, 0.5) is 5.69 Å². The van der Waals surface area contributed by atoms with Crippen LogP contribution in [0.25, 0.3) is 0 Å². The summed E-state index contributed by atoms with van der Waals surface area (Å²) in [7, 11) is 3.98. The Hall–Kier alpha value is -1.10. The number of halogens is 1. The summed E-state index contributed by atoms with van der Waals surface area (Å²) in [5.74, 6) is 0. The molecule has 1 heterocycles. The molecule has 5 heteroatoms. The van der Waals surface area contributed by atoms with Crippen molar-refractivity contribution in [2.45, 2.75) is 13.1 Å². The number of nitrogens with zero attached hydrogens (tertiary/aromatic N) is 2. The summed E-state index contributed by atoms with van der Waals surface area (Å²) in [4.78, 5) is 6.45. The van der Waals surface area contributed by atoms with E-state index in [1.165, 1.54) is 5.56 Å². The number of anilines is 1. The summed E-state index contributed by atoms with van der Waals surface area (Å²) < 4.78 is 0. The number of nitrogens with one attached hydrogen (secondary N) is 1. The topological polar surface area (TPSA) is 28.2 Å². The lowest BCUT2D eigenvalue weighted by Gasteiger charge is -2.23. The van der Waals surface area contributed by atoms with Crippen molar-refractivity contribution >= 4 is 28.6 Å². The Kier molecular flexibility index (Phi) is 4.58. The molecule has 0 aliphatic carbocycles. The van der Waals surface area contributed by atoms with E-state index in [1.807, 2.05) is 31.7 Å². The highest BCUT2D eigenvalue weighted by Crippen LogP contribution is 2.30. The summed E-state index contributed by atoms with van der Waals surface area (Å²) in [6, 6.07) is 6.00. The molecule has 0 atom stereocenters. The second-order valence-electron chi connectivity index (χ2n) is 4.11. The highest BCUT2D eigenvalue weighted by Gasteiger charge is 2.12. The van der Waals surface area contributed by atoms with Crippen molar-refractivity contribution in [3.63, 3.8) is 0 Å². The number of para-hydroxylation sites is 1. The van der Waals surface area contributed by atoms with Gasteiger partial charge in [-0.15, -0.1) is 11.3 Å². The lowest BCUT2D eigenvalue weighted by atomic mass is 10.1. The number of rotatable bonds is 5. The zero-order valence-corrected chi connectivity index (χ0v) is 12.1. The fourth-order valence-electron chi connectivity index (χ4n) is 1.96. The van der Waals surface area contributed by atoms with Gasteiger partial charge in [-0.25, -0.2) is 4.98 Å². The monoisotopic (exact) mass is 281 g/mol. The summed E-state index contributed by atoms with van der Waals surface area (Å²) in [6.45, 7) is 1.57. The van der Waals surface area contributed by atoms with Gasteiger partial charge in [0.1, 0.15) is 0 Å². The van der Waals surface area contributed by atoms with Crippen LogP contribution in [0, 0.1) is 0 Å². The van der Waals surface area contributed by atoms with E-state index in [0.29, 0.717) is 0 Å². The summed E-state index contributed by atoms with van der Waals surface area (Å²) in [6.07, 6.45) is 0. The molecule has 0 fully saturated rings. The van der Waals surface area contributed by atoms with Crippen molar-refractivity contribution in [3.8, 4) is 0 Å². The van der Waals surface area contributed by atoms with Gasteiger partial charge in [-0.05, 0) is 18.7 Å².